The molecule has 0 aromatic carbocycles. The number of hydrogen-bond acceptors (Lipinski definition) is 4. The van der Waals surface area contributed by atoms with Crippen molar-refractivity contribution in [3.63, 3.8) is 0 Å². The van der Waals surface area contributed by atoms with Crippen molar-refractivity contribution in [2.24, 2.45) is 34.5 Å². The SMILES string of the molecule is CC(=O)OC1CCC2(C)C(=CCC3C2CCC2(C)C(C(=O)/C=C/[O-])CCC32)C1.[Na+]. The van der Waals surface area contributed by atoms with E-state index in [9.17, 15) is 14.7 Å². The van der Waals surface area contributed by atoms with Gasteiger partial charge in [0.05, 0.1) is 0 Å². The first-order valence-corrected chi connectivity index (χ1v) is 11.0. The molecule has 0 amide bonds. The fourth-order valence-electron chi connectivity index (χ4n) is 7.61. The predicted octanol–water partition coefficient (Wildman–Crippen LogP) is 0.944. The van der Waals surface area contributed by atoms with Crippen molar-refractivity contribution in [2.75, 3.05) is 0 Å². The number of hydrogen-bond donors (Lipinski definition) is 0. The van der Waals surface area contributed by atoms with Crippen LogP contribution in [0.5, 0.6) is 0 Å². The molecule has 0 N–H and O–H groups in total. The van der Waals surface area contributed by atoms with E-state index in [1.165, 1.54) is 18.6 Å². The number of allylic oxidation sites excluding steroid dienone is 2. The Morgan fingerprint density at radius 3 is 2.59 bits per heavy atom. The van der Waals surface area contributed by atoms with Gasteiger partial charge in [-0.1, -0.05) is 25.5 Å². The van der Waals surface area contributed by atoms with E-state index in [0.717, 1.165) is 51.4 Å². The Kier molecular flexibility index (Phi) is 6.78. The summed E-state index contributed by atoms with van der Waals surface area (Å²) in [5, 5.41) is 10.8. The first kappa shape index (κ1) is 23.1. The minimum Gasteiger partial charge on any atom is -0.878 e. The molecule has 0 radical (unpaired) electrons. The standard InChI is InChI=1S/C24H34O4.Na/c1-15(26)28-17-8-11-23(2)16(14-17)4-5-18-19-6-7-21(22(27)10-13-25)24(19,3)12-9-20(18)23;/h4,10,13,17-21,25H,5-9,11-12,14H2,1-3H3;/q;+1/p-1/b13-10+;. The van der Waals surface area contributed by atoms with Gasteiger partial charge in [0.15, 0.2) is 5.78 Å². The van der Waals surface area contributed by atoms with Crippen molar-refractivity contribution in [1.82, 2.24) is 0 Å². The Balaban J connectivity index is 0.00000240. The molecule has 4 nitrogen and oxygen atoms in total. The van der Waals surface area contributed by atoms with Gasteiger partial charge in [-0.15, -0.1) is 6.26 Å². The molecule has 154 valence electrons. The third-order valence-corrected chi connectivity index (χ3v) is 8.97. The first-order chi connectivity index (χ1) is 13.3. The molecule has 3 saturated carbocycles. The molecular formula is C24H33NaO4. The molecule has 29 heavy (non-hydrogen) atoms. The third kappa shape index (κ3) is 3.78. The molecule has 0 aromatic heterocycles. The fourth-order valence-corrected chi connectivity index (χ4v) is 7.61. The quantitative estimate of drug-likeness (QED) is 0.229. The van der Waals surface area contributed by atoms with Crippen molar-refractivity contribution >= 4 is 11.8 Å². The second kappa shape index (κ2) is 8.51. The van der Waals surface area contributed by atoms with E-state index in [1.54, 1.807) is 0 Å². The van der Waals surface area contributed by atoms with Crippen molar-refractivity contribution < 1.29 is 49.0 Å². The monoisotopic (exact) mass is 408 g/mol. The van der Waals surface area contributed by atoms with Gasteiger partial charge in [0.2, 0.25) is 0 Å². The van der Waals surface area contributed by atoms with Gasteiger partial charge in [-0.2, -0.15) is 0 Å². The summed E-state index contributed by atoms with van der Waals surface area (Å²) in [6.07, 6.45) is 12.7. The molecular weight excluding hydrogens is 375 g/mol. The zero-order chi connectivity index (χ0) is 20.1. The molecule has 5 heteroatoms. The van der Waals surface area contributed by atoms with E-state index in [-0.39, 0.29) is 64.2 Å². The third-order valence-electron chi connectivity index (χ3n) is 8.97. The van der Waals surface area contributed by atoms with Gasteiger partial charge in [0, 0.05) is 19.3 Å². The summed E-state index contributed by atoms with van der Waals surface area (Å²) in [6, 6.07) is 0. The molecule has 7 unspecified atom stereocenters. The van der Waals surface area contributed by atoms with Crippen LogP contribution in [-0.4, -0.2) is 17.9 Å². The summed E-state index contributed by atoms with van der Waals surface area (Å²) in [4.78, 5) is 23.9. The van der Waals surface area contributed by atoms with E-state index in [1.807, 2.05) is 0 Å². The molecule has 0 saturated heterocycles. The smallest absolute Gasteiger partial charge is 0.878 e. The van der Waals surface area contributed by atoms with Crippen LogP contribution in [0.3, 0.4) is 0 Å². The summed E-state index contributed by atoms with van der Waals surface area (Å²) in [7, 11) is 0. The van der Waals surface area contributed by atoms with E-state index in [0.29, 0.717) is 24.0 Å². The maximum Gasteiger partial charge on any atom is 1.00 e. The summed E-state index contributed by atoms with van der Waals surface area (Å²) < 4.78 is 5.52. The number of rotatable bonds is 3. The molecule has 4 aliphatic carbocycles. The Morgan fingerprint density at radius 2 is 1.90 bits per heavy atom. The molecule has 0 bridgehead atoms. The number of ether oxygens (including phenoxy) is 1. The Morgan fingerprint density at radius 1 is 1.14 bits per heavy atom. The molecule has 4 rings (SSSR count). The summed E-state index contributed by atoms with van der Waals surface area (Å²) in [6.45, 7) is 6.24. The molecule has 7 atom stereocenters. The van der Waals surface area contributed by atoms with Crippen LogP contribution >= 0.6 is 0 Å². The molecule has 0 aromatic rings. The van der Waals surface area contributed by atoms with Crippen LogP contribution in [0.2, 0.25) is 0 Å². The van der Waals surface area contributed by atoms with Crippen LogP contribution in [0.25, 0.3) is 0 Å². The maximum absolute atomic E-state index is 12.5. The zero-order valence-electron chi connectivity index (χ0n) is 18.4. The van der Waals surface area contributed by atoms with E-state index in [2.05, 4.69) is 19.9 Å². The molecule has 4 aliphatic rings. The van der Waals surface area contributed by atoms with Crippen molar-refractivity contribution in [3.8, 4) is 0 Å². The van der Waals surface area contributed by atoms with Crippen molar-refractivity contribution in [2.45, 2.75) is 78.2 Å². The van der Waals surface area contributed by atoms with Gasteiger partial charge in [-0.3, -0.25) is 9.59 Å². The number of fused-ring (bicyclic) bond motifs is 5. The Bertz CT molecular complexity index is 728. The van der Waals surface area contributed by atoms with E-state index in [4.69, 9.17) is 4.74 Å². The average molecular weight is 409 g/mol. The van der Waals surface area contributed by atoms with Gasteiger partial charge in [0.25, 0.3) is 0 Å². The van der Waals surface area contributed by atoms with Crippen LogP contribution in [0, 0.1) is 34.5 Å². The Hall–Kier alpha value is -0.580. The maximum atomic E-state index is 12.5. The van der Waals surface area contributed by atoms with Gasteiger partial charge < -0.3 is 9.84 Å². The summed E-state index contributed by atoms with van der Waals surface area (Å²) >= 11 is 0. The van der Waals surface area contributed by atoms with Gasteiger partial charge in [0.1, 0.15) is 6.10 Å². The van der Waals surface area contributed by atoms with Crippen LogP contribution in [0.15, 0.2) is 24.0 Å². The number of carbonyl (C=O) groups excluding carboxylic acids is 2. The van der Waals surface area contributed by atoms with Crippen molar-refractivity contribution in [3.05, 3.63) is 24.0 Å². The number of carbonyl (C=O) groups is 2. The predicted molar refractivity (Wildman–Crippen MR) is 105 cm³/mol. The minimum atomic E-state index is -0.176. The van der Waals surface area contributed by atoms with Crippen LogP contribution < -0.4 is 34.7 Å². The van der Waals surface area contributed by atoms with Crippen LogP contribution in [0.1, 0.15) is 72.1 Å². The normalized spacial score (nSPS) is 43.4. The number of esters is 1. The minimum absolute atomic E-state index is 0. The van der Waals surface area contributed by atoms with Crippen LogP contribution in [-0.2, 0) is 14.3 Å². The fraction of sp³-hybridized carbons (Fsp3) is 0.750. The van der Waals surface area contributed by atoms with Crippen LogP contribution in [0.4, 0.5) is 0 Å². The van der Waals surface area contributed by atoms with Crippen molar-refractivity contribution in [1.29, 1.82) is 0 Å². The molecule has 0 heterocycles. The number of ketones is 1. The first-order valence-electron chi connectivity index (χ1n) is 11.0. The Labute approximate surface area is 196 Å². The van der Waals surface area contributed by atoms with Gasteiger partial charge >= 0.3 is 35.5 Å². The average Bonchev–Trinajstić information content (AvgIpc) is 2.99. The van der Waals surface area contributed by atoms with E-state index >= 15 is 0 Å². The molecule has 0 spiro atoms. The molecule has 3 fully saturated rings. The second-order valence-electron chi connectivity index (χ2n) is 10.1. The summed E-state index contributed by atoms with van der Waals surface area (Å²) in [5.74, 6) is 1.74. The molecule has 0 aliphatic heterocycles. The topological polar surface area (TPSA) is 66.4 Å². The van der Waals surface area contributed by atoms with E-state index < -0.39 is 0 Å². The second-order valence-corrected chi connectivity index (χ2v) is 10.1. The zero-order valence-corrected chi connectivity index (χ0v) is 20.4. The largest absolute Gasteiger partial charge is 1.00 e. The summed E-state index contributed by atoms with van der Waals surface area (Å²) in [5.41, 5.74) is 1.74. The van der Waals surface area contributed by atoms with Gasteiger partial charge in [-0.25, -0.2) is 0 Å². The van der Waals surface area contributed by atoms with Gasteiger partial charge in [-0.05, 0) is 79.6 Å².